The minimum Gasteiger partial charge on any atom is -0.320 e. The van der Waals surface area contributed by atoms with Crippen LogP contribution in [-0.2, 0) is 5.41 Å². The van der Waals surface area contributed by atoms with Gasteiger partial charge in [-0.25, -0.2) is 4.39 Å². The fraction of sp³-hybridized carbons (Fsp3) is 0.600. The first-order chi connectivity index (χ1) is 8.58. The van der Waals surface area contributed by atoms with Gasteiger partial charge in [-0.1, -0.05) is 32.0 Å². The molecule has 1 rings (SSSR count). The highest BCUT2D eigenvalue weighted by atomic mass is 19.1. The first-order valence-corrected chi connectivity index (χ1v) is 6.68. The number of benzene rings is 1. The zero-order valence-corrected chi connectivity index (χ0v) is 11.7. The summed E-state index contributed by atoms with van der Waals surface area (Å²) in [5.41, 5.74) is 0.613. The van der Waals surface area contributed by atoms with Crippen molar-refractivity contribution in [3.8, 4) is 0 Å². The number of halogens is 1. The predicted molar refractivity (Wildman–Crippen MR) is 75.5 cm³/mol. The molecule has 0 saturated carbocycles. The van der Waals surface area contributed by atoms with E-state index in [1.54, 1.807) is 6.07 Å². The molecule has 3 heteroatoms. The van der Waals surface area contributed by atoms with Crippen LogP contribution in [0.3, 0.4) is 0 Å². The third kappa shape index (κ3) is 4.75. The van der Waals surface area contributed by atoms with Gasteiger partial charge in [-0.05, 0) is 44.6 Å². The Hall–Kier alpha value is -0.930. The zero-order valence-electron chi connectivity index (χ0n) is 11.7. The molecule has 0 amide bonds. The van der Waals surface area contributed by atoms with Crippen LogP contribution in [-0.4, -0.2) is 26.7 Å². The Morgan fingerprint density at radius 3 is 2.44 bits per heavy atom. The van der Waals surface area contributed by atoms with Crippen LogP contribution in [0, 0.1) is 5.82 Å². The lowest BCUT2D eigenvalue weighted by molar-refractivity contribution is 0.440. The fourth-order valence-electron chi connectivity index (χ4n) is 2.06. The van der Waals surface area contributed by atoms with Crippen LogP contribution in [0.1, 0.15) is 32.3 Å². The van der Waals surface area contributed by atoms with Gasteiger partial charge in [-0.3, -0.25) is 0 Å². The Morgan fingerprint density at radius 1 is 1.11 bits per heavy atom. The van der Waals surface area contributed by atoms with E-state index >= 15 is 0 Å². The van der Waals surface area contributed by atoms with Gasteiger partial charge in [0.05, 0.1) is 0 Å². The van der Waals surface area contributed by atoms with Crippen molar-refractivity contribution in [3.63, 3.8) is 0 Å². The summed E-state index contributed by atoms with van der Waals surface area (Å²) >= 11 is 0. The number of rotatable bonds is 8. The van der Waals surface area contributed by atoms with Gasteiger partial charge in [0.2, 0.25) is 0 Å². The topological polar surface area (TPSA) is 24.1 Å². The van der Waals surface area contributed by atoms with Gasteiger partial charge < -0.3 is 10.6 Å². The summed E-state index contributed by atoms with van der Waals surface area (Å²) in [5, 5.41) is 6.55. The third-order valence-electron chi connectivity index (χ3n) is 3.20. The van der Waals surface area contributed by atoms with Gasteiger partial charge in [-0.15, -0.1) is 0 Å². The second-order valence-corrected chi connectivity index (χ2v) is 5.35. The van der Waals surface area contributed by atoms with E-state index in [9.17, 15) is 4.39 Å². The van der Waals surface area contributed by atoms with E-state index in [2.05, 4.69) is 24.5 Å². The molecule has 0 heterocycles. The molecule has 1 aromatic carbocycles. The molecule has 0 fully saturated rings. The van der Waals surface area contributed by atoms with Crippen molar-refractivity contribution in [2.24, 2.45) is 0 Å². The van der Waals surface area contributed by atoms with E-state index in [-0.39, 0.29) is 11.2 Å². The minimum absolute atomic E-state index is 0.112. The second kappa shape index (κ2) is 7.49. The van der Waals surface area contributed by atoms with E-state index in [1.165, 1.54) is 12.5 Å². The molecule has 0 aromatic heterocycles. The molecule has 0 radical (unpaired) electrons. The maximum atomic E-state index is 13.7. The number of hydrogen-bond donors (Lipinski definition) is 2. The molecule has 0 spiro atoms. The maximum Gasteiger partial charge on any atom is 0.126 e. The van der Waals surface area contributed by atoms with E-state index < -0.39 is 0 Å². The van der Waals surface area contributed by atoms with Crippen molar-refractivity contribution >= 4 is 0 Å². The lowest BCUT2D eigenvalue weighted by Gasteiger charge is -2.26. The zero-order chi connectivity index (χ0) is 13.4. The average molecular weight is 252 g/mol. The summed E-state index contributed by atoms with van der Waals surface area (Å²) in [6.07, 6.45) is 2.32. The predicted octanol–water partition coefficient (Wildman–Crippen LogP) is 2.69. The highest BCUT2D eigenvalue weighted by Gasteiger charge is 2.22. The van der Waals surface area contributed by atoms with Crippen molar-refractivity contribution < 1.29 is 4.39 Å². The SMILES string of the molecule is CNCCCCNCC(C)(C)c1ccccc1F. The summed E-state index contributed by atoms with van der Waals surface area (Å²) in [6.45, 7) is 6.99. The van der Waals surface area contributed by atoms with Gasteiger partial charge in [0.25, 0.3) is 0 Å². The van der Waals surface area contributed by atoms with Crippen molar-refractivity contribution in [2.45, 2.75) is 32.1 Å². The lowest BCUT2D eigenvalue weighted by Crippen LogP contribution is -2.34. The number of unbranched alkanes of at least 4 members (excludes halogenated alkanes) is 1. The molecule has 0 aliphatic carbocycles. The summed E-state index contributed by atoms with van der Waals surface area (Å²) in [6, 6.07) is 7.04. The molecular formula is C15H25FN2. The van der Waals surface area contributed by atoms with Crippen LogP contribution in [0.5, 0.6) is 0 Å². The Morgan fingerprint density at radius 2 is 1.78 bits per heavy atom. The first-order valence-electron chi connectivity index (χ1n) is 6.68. The molecule has 2 nitrogen and oxygen atoms in total. The van der Waals surface area contributed by atoms with Crippen LogP contribution < -0.4 is 10.6 Å². The molecular weight excluding hydrogens is 227 g/mol. The van der Waals surface area contributed by atoms with Crippen LogP contribution in [0.2, 0.25) is 0 Å². The molecule has 0 aliphatic rings. The molecule has 2 N–H and O–H groups in total. The maximum absolute atomic E-state index is 13.7. The van der Waals surface area contributed by atoms with Crippen LogP contribution in [0.4, 0.5) is 4.39 Å². The Bertz CT molecular complexity index is 350. The molecule has 0 saturated heterocycles. The van der Waals surface area contributed by atoms with Crippen molar-refractivity contribution in [2.75, 3.05) is 26.7 Å². The quantitative estimate of drug-likeness (QED) is 0.695. The van der Waals surface area contributed by atoms with Gasteiger partial charge in [0.1, 0.15) is 5.82 Å². The van der Waals surface area contributed by atoms with E-state index in [0.717, 1.165) is 31.6 Å². The Kier molecular flexibility index (Phi) is 6.30. The number of hydrogen-bond acceptors (Lipinski definition) is 2. The molecule has 0 aliphatic heterocycles. The van der Waals surface area contributed by atoms with Gasteiger partial charge in [0, 0.05) is 12.0 Å². The highest BCUT2D eigenvalue weighted by Crippen LogP contribution is 2.24. The molecule has 0 atom stereocenters. The summed E-state index contributed by atoms with van der Waals surface area (Å²) in [4.78, 5) is 0. The van der Waals surface area contributed by atoms with Crippen molar-refractivity contribution in [3.05, 3.63) is 35.6 Å². The van der Waals surface area contributed by atoms with Gasteiger partial charge >= 0.3 is 0 Å². The Balaban J connectivity index is 2.38. The molecule has 0 bridgehead atoms. The van der Waals surface area contributed by atoms with Crippen molar-refractivity contribution in [1.82, 2.24) is 10.6 Å². The summed E-state index contributed by atoms with van der Waals surface area (Å²) in [7, 11) is 1.97. The molecule has 18 heavy (non-hydrogen) atoms. The van der Waals surface area contributed by atoms with Crippen LogP contribution in [0.15, 0.2) is 24.3 Å². The normalized spacial score (nSPS) is 11.8. The van der Waals surface area contributed by atoms with E-state index in [4.69, 9.17) is 0 Å². The molecule has 0 unspecified atom stereocenters. The summed E-state index contributed by atoms with van der Waals surface area (Å²) in [5.74, 6) is -0.112. The fourth-order valence-corrected chi connectivity index (χ4v) is 2.06. The average Bonchev–Trinajstić information content (AvgIpc) is 2.34. The lowest BCUT2D eigenvalue weighted by atomic mass is 9.84. The first kappa shape index (κ1) is 15.1. The second-order valence-electron chi connectivity index (χ2n) is 5.35. The molecule has 102 valence electrons. The van der Waals surface area contributed by atoms with Crippen LogP contribution >= 0.6 is 0 Å². The van der Waals surface area contributed by atoms with E-state index in [1.807, 2.05) is 19.2 Å². The summed E-state index contributed by atoms with van der Waals surface area (Å²) < 4.78 is 13.7. The molecule has 1 aromatic rings. The highest BCUT2D eigenvalue weighted by molar-refractivity contribution is 5.25. The monoisotopic (exact) mass is 252 g/mol. The number of nitrogens with one attached hydrogen (secondary N) is 2. The van der Waals surface area contributed by atoms with Crippen molar-refractivity contribution in [1.29, 1.82) is 0 Å². The van der Waals surface area contributed by atoms with Gasteiger partial charge in [-0.2, -0.15) is 0 Å². The van der Waals surface area contributed by atoms with E-state index in [0.29, 0.717) is 0 Å². The largest absolute Gasteiger partial charge is 0.320 e. The standard InChI is InChI=1S/C15H25FN2/c1-15(2,12-18-11-7-6-10-17-3)13-8-4-5-9-14(13)16/h4-5,8-9,17-18H,6-7,10-12H2,1-3H3. The minimum atomic E-state index is -0.172. The van der Waals surface area contributed by atoms with Gasteiger partial charge in [0.15, 0.2) is 0 Å². The third-order valence-corrected chi connectivity index (χ3v) is 3.20. The van der Waals surface area contributed by atoms with Crippen LogP contribution in [0.25, 0.3) is 0 Å². The smallest absolute Gasteiger partial charge is 0.126 e. The Labute approximate surface area is 110 Å².